The summed E-state index contributed by atoms with van der Waals surface area (Å²) in [6.45, 7) is 15.2. The van der Waals surface area contributed by atoms with Gasteiger partial charge in [0.1, 0.15) is 5.75 Å². The van der Waals surface area contributed by atoms with E-state index in [0.29, 0.717) is 36.5 Å². The smallest absolute Gasteiger partial charge is 0.304 e. The fourth-order valence-corrected chi connectivity index (χ4v) is 13.8. The molecule has 322 valence electrons. The number of fused-ring (bicyclic) bond motifs is 2. The number of carbonyl (C=O) groups excluding carboxylic acids is 3. The Labute approximate surface area is 360 Å². The number of anilines is 2. The molecule has 2 saturated heterocycles. The largest absolute Gasteiger partial charge is 0.497 e. The molecule has 0 bridgehead atoms. The molecule has 0 aliphatic carbocycles. The Balaban J connectivity index is 1.29. The minimum Gasteiger partial charge on any atom is -0.497 e. The van der Waals surface area contributed by atoms with Gasteiger partial charge in [-0.05, 0) is 81.5 Å². The van der Waals surface area contributed by atoms with Crippen molar-refractivity contribution in [2.45, 2.75) is 109 Å². The number of benzene rings is 3. The van der Waals surface area contributed by atoms with Gasteiger partial charge in [-0.25, -0.2) is 0 Å². The Kier molecular flexibility index (Phi) is 12.8. The Morgan fingerprint density at radius 1 is 1.03 bits per heavy atom. The maximum absolute atomic E-state index is 15.5. The first-order valence-corrected chi connectivity index (χ1v) is 24.4. The molecule has 0 radical (unpaired) electrons. The van der Waals surface area contributed by atoms with Crippen LogP contribution in [0.1, 0.15) is 83.0 Å². The highest BCUT2D eigenvalue weighted by Crippen LogP contribution is 2.60. The maximum atomic E-state index is 15.5. The first kappa shape index (κ1) is 43.7. The monoisotopic (exact) mass is 845 g/mol. The zero-order valence-electron chi connectivity index (χ0n) is 36.6. The number of aliphatic hydroxyl groups excluding tert-OH is 1. The summed E-state index contributed by atoms with van der Waals surface area (Å²) >= 11 is 0. The first-order valence-electron chi connectivity index (χ1n) is 21.3. The Morgan fingerprint density at radius 2 is 1.77 bits per heavy atom. The summed E-state index contributed by atoms with van der Waals surface area (Å²) in [4.78, 5) is 43.9. The summed E-state index contributed by atoms with van der Waals surface area (Å²) in [5.74, 6) is -0.583. The van der Waals surface area contributed by atoms with Crippen molar-refractivity contribution in [3.05, 3.63) is 119 Å². The van der Waals surface area contributed by atoms with Crippen molar-refractivity contribution in [1.82, 2.24) is 15.0 Å². The summed E-state index contributed by atoms with van der Waals surface area (Å²) in [7, 11) is -0.816. The molecule has 2 amide bonds. The standard InChI is InChI=1S/C48H59N5O7Si/c1-31(2)13-12-14-32(3)23-26-52-42-22-17-36(53-44(56)28-45(53)59-34(5)55)27-40(42)48(47(52)57)33(4)46(61(7,8)38-20-18-37(58-6)19-21-38)43(60-48)24-25-51-29-41(49-50-51)39(30-54)35-15-10-9-11-16-35/h9-11,13,15-23,27,29,33,39,43,45-46,54H,12,14,24-26,28,30H2,1-8H3/b32-23+/t33-,39?,43+,45?,46-,48+/m0/s1. The molecule has 13 heteroatoms. The molecule has 61 heavy (non-hydrogen) atoms. The van der Waals surface area contributed by atoms with Crippen LogP contribution in [0.15, 0.2) is 102 Å². The summed E-state index contributed by atoms with van der Waals surface area (Å²) < 4.78 is 20.3. The number of rotatable bonds is 16. The molecule has 4 aromatic rings. The van der Waals surface area contributed by atoms with Crippen LogP contribution in [0.5, 0.6) is 5.75 Å². The van der Waals surface area contributed by atoms with E-state index in [1.807, 2.05) is 71.8 Å². The molecule has 2 unspecified atom stereocenters. The topological polar surface area (TPSA) is 136 Å². The number of amides is 2. The third-order valence-electron chi connectivity index (χ3n) is 13.0. The summed E-state index contributed by atoms with van der Waals surface area (Å²) in [6, 6.07) is 23.7. The van der Waals surface area contributed by atoms with Gasteiger partial charge in [-0.15, -0.1) is 5.10 Å². The molecule has 7 rings (SSSR count). The van der Waals surface area contributed by atoms with Crippen LogP contribution in [0.3, 0.4) is 0 Å². The van der Waals surface area contributed by atoms with Crippen LogP contribution in [-0.2, 0) is 36.0 Å². The third kappa shape index (κ3) is 8.47. The van der Waals surface area contributed by atoms with Gasteiger partial charge >= 0.3 is 5.97 Å². The average molecular weight is 846 g/mol. The minimum atomic E-state index is -2.48. The highest BCUT2D eigenvalue weighted by molar-refractivity contribution is 6.91. The Hall–Kier alpha value is -5.37. The number of esters is 1. The second kappa shape index (κ2) is 17.9. The molecular formula is C48H59N5O7Si. The minimum absolute atomic E-state index is 0.0420. The van der Waals surface area contributed by atoms with E-state index in [0.717, 1.165) is 29.8 Å². The number of aliphatic hydroxyl groups is 1. The molecule has 0 saturated carbocycles. The number of carbonyl (C=O) groups is 3. The number of hydrogen-bond acceptors (Lipinski definition) is 9. The molecule has 1 N–H and O–H groups in total. The predicted octanol–water partition coefficient (Wildman–Crippen LogP) is 7.38. The van der Waals surface area contributed by atoms with E-state index in [4.69, 9.17) is 14.2 Å². The van der Waals surface area contributed by atoms with Gasteiger partial charge in [0, 0.05) is 43.4 Å². The van der Waals surface area contributed by atoms with Crippen molar-refractivity contribution >= 4 is 42.4 Å². The molecule has 12 nitrogen and oxygen atoms in total. The Morgan fingerprint density at radius 3 is 2.43 bits per heavy atom. The van der Waals surface area contributed by atoms with Crippen molar-refractivity contribution in [3.8, 4) is 5.75 Å². The predicted molar refractivity (Wildman–Crippen MR) is 238 cm³/mol. The van der Waals surface area contributed by atoms with Gasteiger partial charge in [0.05, 0.1) is 51.6 Å². The number of methoxy groups -OCH3 is 1. The highest BCUT2D eigenvalue weighted by atomic mass is 28.3. The molecule has 3 aliphatic rings. The van der Waals surface area contributed by atoms with Gasteiger partial charge in [0.15, 0.2) is 11.8 Å². The van der Waals surface area contributed by atoms with Gasteiger partial charge in [-0.1, -0.05) is 96.2 Å². The van der Waals surface area contributed by atoms with E-state index < -0.39 is 25.9 Å². The lowest BCUT2D eigenvalue weighted by atomic mass is 9.82. The van der Waals surface area contributed by atoms with E-state index in [2.05, 4.69) is 75.4 Å². The molecule has 6 atom stereocenters. The van der Waals surface area contributed by atoms with Crippen LogP contribution >= 0.6 is 0 Å². The zero-order valence-corrected chi connectivity index (χ0v) is 37.6. The number of hydrogen-bond donors (Lipinski definition) is 1. The average Bonchev–Trinajstić information content (AvgIpc) is 3.89. The molecule has 1 aromatic heterocycles. The fourth-order valence-electron chi connectivity index (χ4n) is 9.72. The molecule has 3 aliphatic heterocycles. The van der Waals surface area contributed by atoms with E-state index in [1.165, 1.54) is 28.2 Å². The molecule has 2 fully saturated rings. The lowest BCUT2D eigenvalue weighted by Gasteiger charge is -2.39. The summed E-state index contributed by atoms with van der Waals surface area (Å²) in [5, 5.41) is 20.6. The quantitative estimate of drug-likeness (QED) is 0.0531. The number of ether oxygens (including phenoxy) is 3. The normalized spacial score (nSPS) is 22.9. The second-order valence-corrected chi connectivity index (χ2v) is 22.2. The summed E-state index contributed by atoms with van der Waals surface area (Å²) in [6.07, 6.45) is 7.60. The number of β-lactam (4-membered cyclic amide) rings is 1. The van der Waals surface area contributed by atoms with Crippen LogP contribution in [0, 0.1) is 5.92 Å². The number of aryl methyl sites for hydroxylation is 1. The van der Waals surface area contributed by atoms with Crippen LogP contribution < -0.4 is 19.7 Å². The van der Waals surface area contributed by atoms with E-state index in [9.17, 15) is 14.7 Å². The van der Waals surface area contributed by atoms with Crippen LogP contribution in [-0.4, -0.2) is 78.6 Å². The van der Waals surface area contributed by atoms with Crippen molar-refractivity contribution < 1.29 is 33.7 Å². The zero-order chi connectivity index (χ0) is 43.6. The molecule has 1 spiro atoms. The van der Waals surface area contributed by atoms with Crippen LogP contribution in [0.25, 0.3) is 0 Å². The van der Waals surface area contributed by atoms with Gasteiger partial charge in [-0.3, -0.25) is 24.0 Å². The Bertz CT molecular complexity index is 2300. The van der Waals surface area contributed by atoms with E-state index >= 15 is 4.79 Å². The summed E-state index contributed by atoms with van der Waals surface area (Å²) in [5.41, 5.74) is 4.69. The van der Waals surface area contributed by atoms with E-state index in [1.54, 1.807) is 11.8 Å². The van der Waals surface area contributed by atoms with Gasteiger partial charge in [0.25, 0.3) is 5.91 Å². The van der Waals surface area contributed by atoms with Crippen molar-refractivity contribution in [1.29, 1.82) is 0 Å². The van der Waals surface area contributed by atoms with Gasteiger partial charge in [-0.2, -0.15) is 0 Å². The lowest BCUT2D eigenvalue weighted by Crippen LogP contribution is -2.55. The molecule has 4 heterocycles. The number of nitrogens with zero attached hydrogens (tertiary/aromatic N) is 5. The third-order valence-corrected chi connectivity index (χ3v) is 17.3. The number of aromatic nitrogens is 3. The lowest BCUT2D eigenvalue weighted by molar-refractivity contribution is -0.153. The first-order chi connectivity index (χ1) is 29.2. The van der Waals surface area contributed by atoms with E-state index in [-0.39, 0.29) is 48.3 Å². The number of allylic oxidation sites excluding steroid dienone is 3. The second-order valence-electron chi connectivity index (χ2n) is 17.5. The molecular weight excluding hydrogens is 787 g/mol. The van der Waals surface area contributed by atoms with Crippen LogP contribution in [0.2, 0.25) is 18.6 Å². The SMILES string of the molecule is COc1ccc([Si](C)(C)[C@@H]2[C@@H](CCn3cc(C(CO)c4ccccc4)nn3)O[C@]3(C(=O)N(C/C=C(\C)CCC=C(C)C)c4ccc(N5C(=O)CC5OC(C)=O)cc43)[C@H]2C)cc1. The highest BCUT2D eigenvalue weighted by Gasteiger charge is 2.66. The van der Waals surface area contributed by atoms with Crippen LogP contribution in [0.4, 0.5) is 11.4 Å². The fraction of sp³-hybridized carbons (Fsp3) is 0.438. The van der Waals surface area contributed by atoms with Gasteiger partial charge in [0.2, 0.25) is 5.91 Å². The van der Waals surface area contributed by atoms with Crippen molar-refractivity contribution in [2.24, 2.45) is 5.92 Å². The molecule has 3 aromatic carbocycles. The van der Waals surface area contributed by atoms with Crippen molar-refractivity contribution in [3.63, 3.8) is 0 Å². The van der Waals surface area contributed by atoms with Gasteiger partial charge < -0.3 is 24.2 Å². The van der Waals surface area contributed by atoms with Crippen molar-refractivity contribution in [2.75, 3.05) is 30.1 Å². The maximum Gasteiger partial charge on any atom is 0.304 e.